The fourth-order valence-electron chi connectivity index (χ4n) is 2.50. The van der Waals surface area contributed by atoms with Crippen molar-refractivity contribution in [2.75, 3.05) is 37.0 Å². The lowest BCUT2D eigenvalue weighted by molar-refractivity contribution is 0.0952. The number of sulfone groups is 1. The molecule has 0 bridgehead atoms. The lowest BCUT2D eigenvalue weighted by atomic mass is 10.1. The first-order valence-electron chi connectivity index (χ1n) is 7.13. The Hall–Kier alpha value is -1.56. The number of carbonyl (C=O) groups excluding carboxylic acids is 1. The maximum Gasteiger partial charge on any atom is 0.251 e. The summed E-state index contributed by atoms with van der Waals surface area (Å²) in [7, 11) is 1.07. The SMILES string of the molecule is CN(C)c1ccc(C(=O)NCCC2CCS(=O)(=O)C2)cc1. The van der Waals surface area contributed by atoms with Gasteiger partial charge in [0.1, 0.15) is 0 Å². The van der Waals surface area contributed by atoms with E-state index in [0.717, 1.165) is 18.5 Å². The van der Waals surface area contributed by atoms with Crippen molar-refractivity contribution in [2.45, 2.75) is 12.8 Å². The van der Waals surface area contributed by atoms with Crippen molar-refractivity contribution in [2.24, 2.45) is 5.92 Å². The summed E-state index contributed by atoms with van der Waals surface area (Å²) in [4.78, 5) is 14.0. The van der Waals surface area contributed by atoms with E-state index in [1.54, 1.807) is 12.1 Å². The molecule has 5 nitrogen and oxygen atoms in total. The molecule has 1 atom stereocenters. The van der Waals surface area contributed by atoms with Gasteiger partial charge in [-0.25, -0.2) is 8.42 Å². The van der Waals surface area contributed by atoms with Crippen LogP contribution in [0.3, 0.4) is 0 Å². The van der Waals surface area contributed by atoms with Gasteiger partial charge in [0.05, 0.1) is 11.5 Å². The van der Waals surface area contributed by atoms with Gasteiger partial charge in [-0.2, -0.15) is 0 Å². The number of amides is 1. The number of hydrogen-bond acceptors (Lipinski definition) is 4. The molecule has 0 radical (unpaired) electrons. The van der Waals surface area contributed by atoms with E-state index < -0.39 is 9.84 Å². The molecule has 0 aromatic heterocycles. The minimum atomic E-state index is -2.83. The largest absolute Gasteiger partial charge is 0.378 e. The molecule has 0 aliphatic carbocycles. The number of rotatable bonds is 5. The zero-order valence-corrected chi connectivity index (χ0v) is 13.3. The predicted octanol–water partition coefficient (Wildman–Crippen LogP) is 1.31. The molecule has 0 saturated carbocycles. The van der Waals surface area contributed by atoms with Crippen molar-refractivity contribution in [3.8, 4) is 0 Å². The zero-order chi connectivity index (χ0) is 15.5. The maximum atomic E-state index is 12.0. The molecule has 1 aromatic rings. The second kappa shape index (κ2) is 6.47. The first-order chi connectivity index (χ1) is 9.87. The van der Waals surface area contributed by atoms with Crippen LogP contribution in [-0.4, -0.2) is 46.5 Å². The Morgan fingerprint density at radius 2 is 1.95 bits per heavy atom. The summed E-state index contributed by atoms with van der Waals surface area (Å²) in [5.74, 6) is 0.630. The molecule has 21 heavy (non-hydrogen) atoms. The first-order valence-corrected chi connectivity index (χ1v) is 8.95. The second-order valence-electron chi connectivity index (χ2n) is 5.75. The van der Waals surface area contributed by atoms with Crippen molar-refractivity contribution >= 4 is 21.4 Å². The molecule has 1 heterocycles. The normalized spacial score (nSPS) is 20.2. The van der Waals surface area contributed by atoms with E-state index in [9.17, 15) is 13.2 Å². The van der Waals surface area contributed by atoms with Crippen LogP contribution >= 0.6 is 0 Å². The highest BCUT2D eigenvalue weighted by molar-refractivity contribution is 7.91. The lowest BCUT2D eigenvalue weighted by Crippen LogP contribution is -2.26. The second-order valence-corrected chi connectivity index (χ2v) is 7.98. The number of benzene rings is 1. The van der Waals surface area contributed by atoms with E-state index in [0.29, 0.717) is 12.1 Å². The third-order valence-electron chi connectivity index (χ3n) is 3.81. The molecule has 116 valence electrons. The monoisotopic (exact) mass is 310 g/mol. The maximum absolute atomic E-state index is 12.0. The van der Waals surface area contributed by atoms with E-state index in [4.69, 9.17) is 0 Å². The molecular weight excluding hydrogens is 288 g/mol. The van der Waals surface area contributed by atoms with E-state index in [2.05, 4.69) is 5.32 Å². The summed E-state index contributed by atoms with van der Waals surface area (Å²) in [5.41, 5.74) is 1.67. The smallest absolute Gasteiger partial charge is 0.251 e. The van der Waals surface area contributed by atoms with Crippen molar-refractivity contribution in [3.63, 3.8) is 0 Å². The van der Waals surface area contributed by atoms with Crippen LogP contribution in [-0.2, 0) is 9.84 Å². The minimum Gasteiger partial charge on any atom is -0.378 e. The van der Waals surface area contributed by atoms with Gasteiger partial charge in [-0.3, -0.25) is 4.79 Å². The molecule has 1 saturated heterocycles. The fraction of sp³-hybridized carbons (Fsp3) is 0.533. The number of hydrogen-bond donors (Lipinski definition) is 1. The highest BCUT2D eigenvalue weighted by Crippen LogP contribution is 2.21. The van der Waals surface area contributed by atoms with Crippen LogP contribution in [0.4, 0.5) is 5.69 Å². The number of anilines is 1. The Bertz CT molecular complexity index is 594. The van der Waals surface area contributed by atoms with Crippen LogP contribution < -0.4 is 10.2 Å². The Balaban J connectivity index is 1.79. The van der Waals surface area contributed by atoms with Crippen molar-refractivity contribution in [1.29, 1.82) is 0 Å². The summed E-state index contributed by atoms with van der Waals surface area (Å²) in [6, 6.07) is 7.40. The van der Waals surface area contributed by atoms with Crippen LogP contribution in [0, 0.1) is 5.92 Å². The van der Waals surface area contributed by atoms with Crippen molar-refractivity contribution < 1.29 is 13.2 Å². The molecule has 1 amide bonds. The van der Waals surface area contributed by atoms with Gasteiger partial charge >= 0.3 is 0 Å². The van der Waals surface area contributed by atoms with Gasteiger partial charge < -0.3 is 10.2 Å². The number of nitrogens with one attached hydrogen (secondary N) is 1. The standard InChI is InChI=1S/C15H22N2O3S/c1-17(2)14-5-3-13(4-6-14)15(18)16-9-7-12-8-10-21(19,20)11-12/h3-6,12H,7-11H2,1-2H3,(H,16,18). The quantitative estimate of drug-likeness (QED) is 0.890. The van der Waals surface area contributed by atoms with E-state index in [-0.39, 0.29) is 23.3 Å². The van der Waals surface area contributed by atoms with E-state index >= 15 is 0 Å². The average Bonchev–Trinajstić information content (AvgIpc) is 2.78. The Kier molecular flexibility index (Phi) is 4.88. The highest BCUT2D eigenvalue weighted by Gasteiger charge is 2.27. The van der Waals surface area contributed by atoms with Gasteiger partial charge in [0.15, 0.2) is 9.84 Å². The average molecular weight is 310 g/mol. The zero-order valence-electron chi connectivity index (χ0n) is 12.5. The topological polar surface area (TPSA) is 66.5 Å². The molecule has 1 aliphatic rings. The lowest BCUT2D eigenvalue weighted by Gasteiger charge is -2.13. The molecule has 2 rings (SSSR count). The van der Waals surface area contributed by atoms with Gasteiger partial charge in [0, 0.05) is 31.9 Å². The van der Waals surface area contributed by atoms with Crippen LogP contribution in [0.1, 0.15) is 23.2 Å². The molecule has 1 N–H and O–H groups in total. The number of nitrogens with zero attached hydrogens (tertiary/aromatic N) is 1. The van der Waals surface area contributed by atoms with Crippen LogP contribution in [0.15, 0.2) is 24.3 Å². The number of carbonyl (C=O) groups is 1. The molecule has 1 unspecified atom stereocenters. The third-order valence-corrected chi connectivity index (χ3v) is 5.65. The molecule has 1 fully saturated rings. The van der Waals surface area contributed by atoms with Gasteiger partial charge in [-0.15, -0.1) is 0 Å². The summed E-state index contributed by atoms with van der Waals surface area (Å²) in [6.45, 7) is 0.522. The van der Waals surface area contributed by atoms with E-state index in [1.807, 2.05) is 31.1 Å². The Morgan fingerprint density at radius 3 is 2.48 bits per heavy atom. The summed E-state index contributed by atoms with van der Waals surface area (Å²) >= 11 is 0. The van der Waals surface area contributed by atoms with Gasteiger partial charge in [0.2, 0.25) is 0 Å². The van der Waals surface area contributed by atoms with Crippen LogP contribution in [0.2, 0.25) is 0 Å². The Labute approximate surface area is 126 Å². The van der Waals surface area contributed by atoms with E-state index in [1.165, 1.54) is 0 Å². The van der Waals surface area contributed by atoms with Crippen LogP contribution in [0.25, 0.3) is 0 Å². The third kappa shape index (κ3) is 4.46. The molecule has 0 spiro atoms. The fourth-order valence-corrected chi connectivity index (χ4v) is 4.41. The van der Waals surface area contributed by atoms with Crippen molar-refractivity contribution in [3.05, 3.63) is 29.8 Å². The van der Waals surface area contributed by atoms with Crippen LogP contribution in [0.5, 0.6) is 0 Å². The Morgan fingerprint density at radius 1 is 1.29 bits per heavy atom. The van der Waals surface area contributed by atoms with Gasteiger partial charge in [-0.1, -0.05) is 0 Å². The minimum absolute atomic E-state index is 0.110. The summed E-state index contributed by atoms with van der Waals surface area (Å²) < 4.78 is 22.7. The highest BCUT2D eigenvalue weighted by atomic mass is 32.2. The summed E-state index contributed by atoms with van der Waals surface area (Å²) in [5, 5.41) is 2.85. The van der Waals surface area contributed by atoms with Crippen molar-refractivity contribution in [1.82, 2.24) is 5.32 Å². The predicted molar refractivity (Wildman–Crippen MR) is 84.5 cm³/mol. The molecular formula is C15H22N2O3S. The molecule has 6 heteroatoms. The van der Waals surface area contributed by atoms with Gasteiger partial charge in [-0.05, 0) is 43.0 Å². The van der Waals surface area contributed by atoms with Gasteiger partial charge in [0.25, 0.3) is 5.91 Å². The molecule has 1 aromatic carbocycles. The first kappa shape index (κ1) is 15.8. The summed E-state index contributed by atoms with van der Waals surface area (Å²) in [6.07, 6.45) is 1.44. The molecule has 1 aliphatic heterocycles.